The number of rotatable bonds is 1. The number of carbonyl (C=O) groups excluding carboxylic acids is 1. The van der Waals surface area contributed by atoms with Crippen LogP contribution in [0.4, 0.5) is 20.6 Å². The van der Waals surface area contributed by atoms with Gasteiger partial charge in [0.1, 0.15) is 5.82 Å². The third kappa shape index (κ3) is 2.35. The number of hydrogen-bond donors (Lipinski definition) is 2. The lowest BCUT2D eigenvalue weighted by molar-refractivity contribution is 0.230. The largest absolute Gasteiger partial charge is 0.397 e. The Kier molecular flexibility index (Phi) is 2.91. The first-order chi connectivity index (χ1) is 6.50. The maximum Gasteiger partial charge on any atom is 0.321 e. The van der Waals surface area contributed by atoms with Crippen molar-refractivity contribution in [1.82, 2.24) is 4.90 Å². The van der Waals surface area contributed by atoms with E-state index in [1.165, 1.54) is 17.0 Å². The zero-order chi connectivity index (χ0) is 10.7. The molecule has 3 N–H and O–H groups in total. The van der Waals surface area contributed by atoms with Crippen LogP contribution in [0.3, 0.4) is 0 Å². The lowest BCUT2D eigenvalue weighted by atomic mass is 10.2. The summed E-state index contributed by atoms with van der Waals surface area (Å²) in [6.45, 7) is 0. The number of anilines is 2. The molecule has 1 aromatic carbocycles. The highest BCUT2D eigenvalue weighted by atomic mass is 19.1. The van der Waals surface area contributed by atoms with Crippen molar-refractivity contribution >= 4 is 17.4 Å². The highest BCUT2D eigenvalue weighted by Crippen LogP contribution is 2.18. The number of nitrogens with one attached hydrogen (secondary N) is 1. The smallest absolute Gasteiger partial charge is 0.321 e. The Labute approximate surface area is 81.5 Å². The molecule has 0 saturated heterocycles. The van der Waals surface area contributed by atoms with E-state index in [0.717, 1.165) is 6.07 Å². The summed E-state index contributed by atoms with van der Waals surface area (Å²) < 4.78 is 12.6. The number of nitrogens with two attached hydrogens (primary N) is 1. The lowest BCUT2D eigenvalue weighted by Gasteiger charge is -2.13. The van der Waals surface area contributed by atoms with Crippen LogP contribution >= 0.6 is 0 Å². The first kappa shape index (κ1) is 10.3. The molecule has 0 saturated carbocycles. The molecule has 1 rings (SSSR count). The summed E-state index contributed by atoms with van der Waals surface area (Å²) in [4.78, 5) is 12.6. The molecule has 0 aromatic heterocycles. The zero-order valence-electron chi connectivity index (χ0n) is 8.04. The van der Waals surface area contributed by atoms with Gasteiger partial charge in [-0.15, -0.1) is 0 Å². The molecule has 76 valence electrons. The molecular formula is C9H12FN3O. The summed E-state index contributed by atoms with van der Waals surface area (Å²) in [5, 5.41) is 2.53. The Morgan fingerprint density at radius 1 is 1.50 bits per heavy atom. The molecule has 2 amide bonds. The average molecular weight is 197 g/mol. The number of carbonyl (C=O) groups is 1. The van der Waals surface area contributed by atoms with Crippen LogP contribution in [0, 0.1) is 5.82 Å². The minimum absolute atomic E-state index is 0.209. The van der Waals surface area contributed by atoms with Gasteiger partial charge in [-0.25, -0.2) is 9.18 Å². The zero-order valence-corrected chi connectivity index (χ0v) is 8.04. The molecule has 0 bridgehead atoms. The second kappa shape index (κ2) is 3.95. The van der Waals surface area contributed by atoms with Crippen LogP contribution in [0.15, 0.2) is 18.2 Å². The maximum atomic E-state index is 12.6. The normalized spacial score (nSPS) is 9.64. The maximum absolute atomic E-state index is 12.6. The molecule has 0 atom stereocenters. The number of urea groups is 1. The summed E-state index contributed by atoms with van der Waals surface area (Å²) in [7, 11) is 3.21. The number of nitrogens with zero attached hydrogens (tertiary/aromatic N) is 1. The van der Waals surface area contributed by atoms with E-state index in [0.29, 0.717) is 5.69 Å². The summed E-state index contributed by atoms with van der Waals surface area (Å²) in [5.41, 5.74) is 6.11. The highest BCUT2D eigenvalue weighted by Gasteiger charge is 2.06. The number of hydrogen-bond acceptors (Lipinski definition) is 2. The van der Waals surface area contributed by atoms with Crippen LogP contribution in [0.2, 0.25) is 0 Å². The van der Waals surface area contributed by atoms with Gasteiger partial charge in [0.05, 0.1) is 11.4 Å². The molecule has 1 aromatic rings. The molecule has 0 radical (unpaired) electrons. The molecule has 0 heterocycles. The van der Waals surface area contributed by atoms with Gasteiger partial charge in [-0.2, -0.15) is 0 Å². The summed E-state index contributed by atoms with van der Waals surface area (Å²) >= 11 is 0. The molecule has 14 heavy (non-hydrogen) atoms. The van der Waals surface area contributed by atoms with Crippen molar-refractivity contribution in [2.45, 2.75) is 0 Å². The van der Waals surface area contributed by atoms with Gasteiger partial charge in [0.15, 0.2) is 0 Å². The second-order valence-corrected chi connectivity index (χ2v) is 3.06. The van der Waals surface area contributed by atoms with E-state index >= 15 is 0 Å². The molecule has 0 unspecified atom stereocenters. The monoisotopic (exact) mass is 197 g/mol. The molecule has 0 fully saturated rings. The molecular weight excluding hydrogens is 185 g/mol. The van der Waals surface area contributed by atoms with Gasteiger partial charge in [-0.1, -0.05) is 0 Å². The third-order valence-corrected chi connectivity index (χ3v) is 1.66. The molecule has 5 heteroatoms. The highest BCUT2D eigenvalue weighted by molar-refractivity contribution is 5.92. The first-order valence-electron chi connectivity index (χ1n) is 4.04. The minimum Gasteiger partial charge on any atom is -0.397 e. The van der Waals surface area contributed by atoms with E-state index < -0.39 is 5.82 Å². The van der Waals surface area contributed by atoms with E-state index in [2.05, 4.69) is 5.32 Å². The van der Waals surface area contributed by atoms with Gasteiger partial charge < -0.3 is 16.0 Å². The van der Waals surface area contributed by atoms with Crippen molar-refractivity contribution in [3.05, 3.63) is 24.0 Å². The predicted octanol–water partition coefficient (Wildman–Crippen LogP) is 1.50. The fraction of sp³-hybridized carbons (Fsp3) is 0.222. The van der Waals surface area contributed by atoms with E-state index in [9.17, 15) is 9.18 Å². The van der Waals surface area contributed by atoms with Gasteiger partial charge in [0.25, 0.3) is 0 Å². The van der Waals surface area contributed by atoms with Crippen molar-refractivity contribution in [1.29, 1.82) is 0 Å². The Bertz CT molecular complexity index is 352. The Balaban J connectivity index is 2.82. The Morgan fingerprint density at radius 2 is 2.14 bits per heavy atom. The third-order valence-electron chi connectivity index (χ3n) is 1.66. The number of halogens is 1. The molecule has 4 nitrogen and oxygen atoms in total. The van der Waals surface area contributed by atoms with Crippen LogP contribution in [-0.4, -0.2) is 25.0 Å². The summed E-state index contributed by atoms with van der Waals surface area (Å²) in [5.74, 6) is -0.426. The van der Waals surface area contributed by atoms with E-state index in [-0.39, 0.29) is 11.7 Å². The summed E-state index contributed by atoms with van der Waals surface area (Å²) in [6, 6.07) is 3.52. The Hall–Kier alpha value is -1.78. The standard InChI is InChI=1S/C9H12FN3O/c1-13(2)9(14)12-8-4-3-6(10)5-7(8)11/h3-5H,11H2,1-2H3,(H,12,14). The fourth-order valence-corrected chi connectivity index (χ4v) is 0.874. The van der Waals surface area contributed by atoms with Gasteiger partial charge >= 0.3 is 6.03 Å². The van der Waals surface area contributed by atoms with Crippen molar-refractivity contribution in [2.75, 3.05) is 25.1 Å². The number of amides is 2. The topological polar surface area (TPSA) is 58.4 Å². The second-order valence-electron chi connectivity index (χ2n) is 3.06. The van der Waals surface area contributed by atoms with Crippen molar-refractivity contribution in [3.63, 3.8) is 0 Å². The van der Waals surface area contributed by atoms with Gasteiger partial charge in [0.2, 0.25) is 0 Å². The van der Waals surface area contributed by atoms with Gasteiger partial charge in [-0.05, 0) is 18.2 Å². The van der Waals surface area contributed by atoms with Crippen molar-refractivity contribution < 1.29 is 9.18 Å². The molecule has 0 spiro atoms. The predicted molar refractivity (Wildman–Crippen MR) is 53.5 cm³/mol. The number of benzene rings is 1. The molecule has 0 aliphatic heterocycles. The molecule has 0 aliphatic rings. The average Bonchev–Trinajstić information content (AvgIpc) is 2.09. The van der Waals surface area contributed by atoms with Crippen LogP contribution in [0.25, 0.3) is 0 Å². The number of nitrogen functional groups attached to an aromatic ring is 1. The van der Waals surface area contributed by atoms with E-state index in [1.54, 1.807) is 14.1 Å². The van der Waals surface area contributed by atoms with Gasteiger partial charge in [-0.3, -0.25) is 0 Å². The minimum atomic E-state index is -0.426. The van der Waals surface area contributed by atoms with Gasteiger partial charge in [0, 0.05) is 14.1 Å². The Morgan fingerprint density at radius 3 is 2.64 bits per heavy atom. The van der Waals surface area contributed by atoms with Crippen LogP contribution in [0.1, 0.15) is 0 Å². The summed E-state index contributed by atoms with van der Waals surface area (Å²) in [6.07, 6.45) is 0. The SMILES string of the molecule is CN(C)C(=O)Nc1ccc(F)cc1N. The first-order valence-corrected chi connectivity index (χ1v) is 4.04. The van der Waals surface area contributed by atoms with E-state index in [1.807, 2.05) is 0 Å². The quantitative estimate of drug-likeness (QED) is 0.670. The van der Waals surface area contributed by atoms with E-state index in [4.69, 9.17) is 5.73 Å². The van der Waals surface area contributed by atoms with Crippen molar-refractivity contribution in [3.8, 4) is 0 Å². The fourth-order valence-electron chi connectivity index (χ4n) is 0.874. The molecule has 0 aliphatic carbocycles. The van der Waals surface area contributed by atoms with Crippen LogP contribution in [0.5, 0.6) is 0 Å². The van der Waals surface area contributed by atoms with Crippen LogP contribution < -0.4 is 11.1 Å². The van der Waals surface area contributed by atoms with Crippen LogP contribution in [-0.2, 0) is 0 Å². The lowest BCUT2D eigenvalue weighted by Crippen LogP contribution is -2.27. The van der Waals surface area contributed by atoms with Crippen molar-refractivity contribution in [2.24, 2.45) is 0 Å².